The molecule has 0 bridgehead atoms. The zero-order valence-electron chi connectivity index (χ0n) is 13.4. The number of ether oxygens (including phenoxy) is 1. The van der Waals surface area contributed by atoms with Crippen LogP contribution in [0.3, 0.4) is 0 Å². The molecule has 1 rings (SSSR count). The quantitative estimate of drug-likeness (QED) is 0.777. The lowest BCUT2D eigenvalue weighted by Gasteiger charge is -2.14. The van der Waals surface area contributed by atoms with Crippen LogP contribution in [0.15, 0.2) is 24.0 Å². The number of pyridine rings is 1. The first-order chi connectivity index (χ1) is 9.55. The van der Waals surface area contributed by atoms with E-state index < -0.39 is 0 Å². The van der Waals surface area contributed by atoms with Crippen molar-refractivity contribution in [1.82, 2.24) is 10.3 Å². The van der Waals surface area contributed by atoms with Crippen molar-refractivity contribution in [3.8, 4) is 5.75 Å². The van der Waals surface area contributed by atoms with Crippen molar-refractivity contribution >= 4 is 6.08 Å². The molecule has 1 N–H and O–H groups in total. The maximum Gasteiger partial charge on any atom is 0.138 e. The molecule has 112 valence electrons. The summed E-state index contributed by atoms with van der Waals surface area (Å²) in [6, 6.07) is 2.56. The standard InChI is InChI=1S/C17H28N2O/c1-6-15(8-14(5)19-7-2)9-16-10-17(12-18-11-16)20-13(3)4/h9-14,19H,6-8H2,1-5H3/t14-/m0/s1. The highest BCUT2D eigenvalue weighted by Gasteiger charge is 2.04. The van der Waals surface area contributed by atoms with Gasteiger partial charge >= 0.3 is 0 Å². The fraction of sp³-hybridized carbons (Fsp3) is 0.588. The van der Waals surface area contributed by atoms with Gasteiger partial charge in [-0.3, -0.25) is 4.98 Å². The van der Waals surface area contributed by atoms with E-state index in [1.165, 1.54) is 5.57 Å². The largest absolute Gasteiger partial charge is 0.489 e. The molecule has 1 atom stereocenters. The van der Waals surface area contributed by atoms with Crippen LogP contribution in [0.25, 0.3) is 6.08 Å². The zero-order chi connectivity index (χ0) is 15.0. The van der Waals surface area contributed by atoms with Gasteiger partial charge < -0.3 is 10.1 Å². The predicted octanol–water partition coefficient (Wildman–Crippen LogP) is 4.05. The molecule has 0 unspecified atom stereocenters. The minimum absolute atomic E-state index is 0.176. The van der Waals surface area contributed by atoms with Crippen LogP contribution in [0.5, 0.6) is 5.75 Å². The van der Waals surface area contributed by atoms with Gasteiger partial charge in [-0.1, -0.05) is 25.5 Å². The van der Waals surface area contributed by atoms with Gasteiger partial charge in [-0.2, -0.15) is 0 Å². The van der Waals surface area contributed by atoms with Crippen LogP contribution in [-0.2, 0) is 0 Å². The van der Waals surface area contributed by atoms with E-state index in [0.29, 0.717) is 6.04 Å². The van der Waals surface area contributed by atoms with Gasteiger partial charge in [0.2, 0.25) is 0 Å². The van der Waals surface area contributed by atoms with Crippen LogP contribution in [0.2, 0.25) is 0 Å². The molecule has 0 spiro atoms. The smallest absolute Gasteiger partial charge is 0.138 e. The molecular formula is C17H28N2O. The first-order valence-electron chi connectivity index (χ1n) is 7.59. The van der Waals surface area contributed by atoms with Gasteiger partial charge in [0.15, 0.2) is 0 Å². The summed E-state index contributed by atoms with van der Waals surface area (Å²) >= 11 is 0. The van der Waals surface area contributed by atoms with E-state index in [2.05, 4.69) is 43.2 Å². The number of hydrogen-bond donors (Lipinski definition) is 1. The summed E-state index contributed by atoms with van der Waals surface area (Å²) in [7, 11) is 0. The van der Waals surface area contributed by atoms with Crippen molar-refractivity contribution in [2.24, 2.45) is 0 Å². The minimum Gasteiger partial charge on any atom is -0.489 e. The van der Waals surface area contributed by atoms with Gasteiger partial charge in [0.05, 0.1) is 12.3 Å². The topological polar surface area (TPSA) is 34.2 Å². The first-order valence-corrected chi connectivity index (χ1v) is 7.59. The third-order valence-electron chi connectivity index (χ3n) is 3.05. The normalized spacial score (nSPS) is 13.6. The monoisotopic (exact) mass is 276 g/mol. The van der Waals surface area contributed by atoms with E-state index in [9.17, 15) is 0 Å². The fourth-order valence-electron chi connectivity index (χ4n) is 2.21. The number of hydrogen-bond acceptors (Lipinski definition) is 3. The molecule has 0 saturated carbocycles. The van der Waals surface area contributed by atoms with Gasteiger partial charge in [-0.15, -0.1) is 0 Å². The number of nitrogens with one attached hydrogen (secondary N) is 1. The van der Waals surface area contributed by atoms with E-state index in [1.807, 2.05) is 20.0 Å². The highest BCUT2D eigenvalue weighted by molar-refractivity contribution is 5.53. The Morgan fingerprint density at radius 2 is 2.05 bits per heavy atom. The highest BCUT2D eigenvalue weighted by atomic mass is 16.5. The maximum absolute atomic E-state index is 5.69. The second kappa shape index (κ2) is 8.75. The van der Waals surface area contributed by atoms with Crippen molar-refractivity contribution in [3.63, 3.8) is 0 Å². The van der Waals surface area contributed by atoms with Crippen molar-refractivity contribution < 1.29 is 4.74 Å². The summed E-state index contributed by atoms with van der Waals surface area (Å²) in [5, 5.41) is 3.45. The SMILES string of the molecule is CCN[C@@H](C)CC(=Cc1cncc(OC(C)C)c1)CC. The summed E-state index contributed by atoms with van der Waals surface area (Å²) in [5.41, 5.74) is 2.55. The Morgan fingerprint density at radius 1 is 1.30 bits per heavy atom. The number of aromatic nitrogens is 1. The van der Waals surface area contributed by atoms with Gasteiger partial charge in [-0.05, 0) is 51.8 Å². The highest BCUT2D eigenvalue weighted by Crippen LogP contribution is 2.18. The Balaban J connectivity index is 2.78. The van der Waals surface area contributed by atoms with E-state index in [0.717, 1.165) is 30.7 Å². The lowest BCUT2D eigenvalue weighted by Crippen LogP contribution is -2.25. The number of nitrogens with zero attached hydrogens (tertiary/aromatic N) is 1. The average molecular weight is 276 g/mol. The van der Waals surface area contributed by atoms with E-state index >= 15 is 0 Å². The molecule has 20 heavy (non-hydrogen) atoms. The van der Waals surface area contributed by atoms with Crippen LogP contribution in [-0.4, -0.2) is 23.7 Å². The second-order valence-electron chi connectivity index (χ2n) is 5.44. The first kappa shape index (κ1) is 16.7. The van der Waals surface area contributed by atoms with Crippen molar-refractivity contribution in [2.75, 3.05) is 6.54 Å². The molecule has 1 aromatic rings. The fourth-order valence-corrected chi connectivity index (χ4v) is 2.21. The Kier molecular flexibility index (Phi) is 7.31. The van der Waals surface area contributed by atoms with Crippen LogP contribution in [0.4, 0.5) is 0 Å². The third kappa shape index (κ3) is 6.20. The van der Waals surface area contributed by atoms with Gasteiger partial charge in [-0.25, -0.2) is 0 Å². The molecule has 0 saturated heterocycles. The molecule has 0 radical (unpaired) electrons. The molecule has 0 aliphatic carbocycles. The lowest BCUT2D eigenvalue weighted by atomic mass is 10.0. The van der Waals surface area contributed by atoms with E-state index in [-0.39, 0.29) is 6.10 Å². The molecule has 1 heterocycles. The molecule has 0 aliphatic rings. The second-order valence-corrected chi connectivity index (χ2v) is 5.44. The van der Waals surface area contributed by atoms with Crippen molar-refractivity contribution in [1.29, 1.82) is 0 Å². The molecule has 3 nitrogen and oxygen atoms in total. The van der Waals surface area contributed by atoms with Crippen molar-refractivity contribution in [2.45, 2.75) is 59.6 Å². The van der Waals surface area contributed by atoms with Gasteiger partial charge in [0.25, 0.3) is 0 Å². The predicted molar refractivity (Wildman–Crippen MR) is 86.0 cm³/mol. The lowest BCUT2D eigenvalue weighted by molar-refractivity contribution is 0.241. The summed E-state index contributed by atoms with van der Waals surface area (Å²) in [6.45, 7) is 11.6. The van der Waals surface area contributed by atoms with Gasteiger partial charge in [0, 0.05) is 12.2 Å². The summed E-state index contributed by atoms with van der Waals surface area (Å²) < 4.78 is 5.69. The van der Waals surface area contributed by atoms with Crippen molar-refractivity contribution in [3.05, 3.63) is 29.6 Å². The molecule has 0 aliphatic heterocycles. The van der Waals surface area contributed by atoms with Gasteiger partial charge in [0.1, 0.15) is 5.75 Å². The zero-order valence-corrected chi connectivity index (χ0v) is 13.4. The maximum atomic E-state index is 5.69. The van der Waals surface area contributed by atoms with Crippen LogP contribution in [0, 0.1) is 0 Å². The van der Waals surface area contributed by atoms with Crippen LogP contribution >= 0.6 is 0 Å². The number of rotatable bonds is 8. The van der Waals surface area contributed by atoms with E-state index in [1.54, 1.807) is 6.20 Å². The van der Waals surface area contributed by atoms with Crippen LogP contribution < -0.4 is 10.1 Å². The Bertz CT molecular complexity index is 427. The Morgan fingerprint density at radius 3 is 2.65 bits per heavy atom. The average Bonchev–Trinajstić information content (AvgIpc) is 2.37. The van der Waals surface area contributed by atoms with E-state index in [4.69, 9.17) is 4.74 Å². The summed E-state index contributed by atoms with van der Waals surface area (Å²) in [6.07, 6.45) is 8.19. The molecule has 0 amide bonds. The van der Waals surface area contributed by atoms with Crippen LogP contribution in [0.1, 0.15) is 53.0 Å². The summed E-state index contributed by atoms with van der Waals surface area (Å²) in [4.78, 5) is 4.26. The Hall–Kier alpha value is -1.35. The third-order valence-corrected chi connectivity index (χ3v) is 3.05. The molecular weight excluding hydrogens is 248 g/mol. The Labute approximate surface area is 123 Å². The summed E-state index contributed by atoms with van der Waals surface area (Å²) in [5.74, 6) is 0.837. The molecule has 0 fully saturated rings. The molecule has 1 aromatic heterocycles. The molecule has 0 aromatic carbocycles. The minimum atomic E-state index is 0.176. The molecule has 3 heteroatoms.